The van der Waals surface area contributed by atoms with Crippen molar-refractivity contribution in [1.82, 2.24) is 0 Å². The first-order valence-corrected chi connectivity index (χ1v) is 11.6. The second-order valence-electron chi connectivity index (χ2n) is 7.60. The lowest BCUT2D eigenvalue weighted by Crippen LogP contribution is -2.14. The van der Waals surface area contributed by atoms with Crippen LogP contribution in [0, 0.1) is 5.82 Å². The second kappa shape index (κ2) is 10.1. The number of hydrogen-bond donors (Lipinski definition) is 1. The van der Waals surface area contributed by atoms with Crippen molar-refractivity contribution in [3.63, 3.8) is 0 Å². The number of benzene rings is 3. The number of rotatable bonds is 7. The molecule has 0 aliphatic rings. The number of ether oxygens (including phenoxy) is 1. The highest BCUT2D eigenvalue weighted by Gasteiger charge is 2.21. The summed E-state index contributed by atoms with van der Waals surface area (Å²) in [6, 6.07) is 14.3. The molecule has 168 valence electrons. The summed E-state index contributed by atoms with van der Waals surface area (Å²) in [5, 5.41) is 2.99. The Hall–Kier alpha value is -2.28. The van der Waals surface area contributed by atoms with E-state index >= 15 is 0 Å². The lowest BCUT2D eigenvalue weighted by molar-refractivity contribution is -0.115. The predicted octanol–water partition coefficient (Wildman–Crippen LogP) is 8.03. The Morgan fingerprint density at radius 2 is 1.78 bits per heavy atom. The van der Waals surface area contributed by atoms with Gasteiger partial charge in [-0.1, -0.05) is 35.3 Å². The summed E-state index contributed by atoms with van der Waals surface area (Å²) in [6.45, 7) is 2.64. The topological polar surface area (TPSA) is 38.3 Å². The van der Waals surface area contributed by atoms with Crippen LogP contribution in [0.25, 0.3) is 0 Å². The smallest absolute Gasteiger partial charge is 0.228 e. The molecule has 0 heterocycles. The molecule has 0 bridgehead atoms. The van der Waals surface area contributed by atoms with Gasteiger partial charge in [0.05, 0.1) is 16.5 Å². The molecule has 1 N–H and O–H groups in total. The molecule has 0 aliphatic heterocycles. The number of thioether (sulfide) groups is 1. The lowest BCUT2D eigenvalue weighted by atomic mass is 10.00. The zero-order valence-corrected chi connectivity index (χ0v) is 20.0. The molecule has 8 heteroatoms. The van der Waals surface area contributed by atoms with Crippen LogP contribution in [0.2, 0.25) is 10.0 Å². The standard InChI is InChI=1S/C24H21Cl2F2NO2S/c1-24(2,28)15-9-16(27)11-18(10-15)31-23-20(25)12-17(13-21(23)26)29-22(30)8-14-5-4-6-19(7-14)32-3/h4-7,9-13H,8H2,1-3H3,(H,29,30). The number of carbonyl (C=O) groups is 1. The molecule has 3 aromatic carbocycles. The maximum Gasteiger partial charge on any atom is 0.228 e. The van der Waals surface area contributed by atoms with Gasteiger partial charge >= 0.3 is 0 Å². The van der Waals surface area contributed by atoms with Gasteiger partial charge in [0.25, 0.3) is 0 Å². The first-order chi connectivity index (χ1) is 15.0. The van der Waals surface area contributed by atoms with Crippen LogP contribution in [0.3, 0.4) is 0 Å². The summed E-state index contributed by atoms with van der Waals surface area (Å²) in [4.78, 5) is 13.5. The van der Waals surface area contributed by atoms with Crippen LogP contribution >= 0.6 is 35.0 Å². The van der Waals surface area contributed by atoms with Crippen molar-refractivity contribution < 1.29 is 18.3 Å². The number of carbonyl (C=O) groups excluding carboxylic acids is 1. The maximum absolute atomic E-state index is 14.2. The number of hydrogen-bond acceptors (Lipinski definition) is 3. The molecule has 32 heavy (non-hydrogen) atoms. The third kappa shape index (κ3) is 6.37. The van der Waals surface area contributed by atoms with E-state index in [9.17, 15) is 13.6 Å². The molecule has 1 amide bonds. The monoisotopic (exact) mass is 495 g/mol. The zero-order valence-electron chi connectivity index (χ0n) is 17.6. The average Bonchev–Trinajstić information content (AvgIpc) is 2.69. The largest absolute Gasteiger partial charge is 0.454 e. The second-order valence-corrected chi connectivity index (χ2v) is 9.29. The summed E-state index contributed by atoms with van der Waals surface area (Å²) in [6.07, 6.45) is 2.16. The van der Waals surface area contributed by atoms with Crippen molar-refractivity contribution in [3.8, 4) is 11.5 Å². The molecule has 3 rings (SSSR count). The van der Waals surface area contributed by atoms with Crippen molar-refractivity contribution in [2.45, 2.75) is 30.8 Å². The van der Waals surface area contributed by atoms with Crippen LogP contribution in [0.15, 0.2) is 59.5 Å². The Labute approximate surface area is 200 Å². The molecule has 0 fully saturated rings. The van der Waals surface area contributed by atoms with Crippen LogP contribution in [-0.4, -0.2) is 12.2 Å². The summed E-state index contributed by atoms with van der Waals surface area (Å²) in [5.74, 6) is -0.749. The van der Waals surface area contributed by atoms with Gasteiger partial charge in [0.2, 0.25) is 5.91 Å². The minimum absolute atomic E-state index is 0.0555. The number of halogens is 4. The van der Waals surface area contributed by atoms with E-state index in [-0.39, 0.29) is 39.4 Å². The van der Waals surface area contributed by atoms with Crippen molar-refractivity contribution in [1.29, 1.82) is 0 Å². The third-order valence-corrected chi connectivity index (χ3v) is 5.85. The van der Waals surface area contributed by atoms with Crippen LogP contribution in [0.5, 0.6) is 11.5 Å². The molecule has 0 spiro atoms. The van der Waals surface area contributed by atoms with Crippen LogP contribution in [0.1, 0.15) is 25.0 Å². The Morgan fingerprint density at radius 3 is 2.41 bits per heavy atom. The van der Waals surface area contributed by atoms with Crippen LogP contribution in [0.4, 0.5) is 14.5 Å². The first kappa shape index (κ1) is 24.4. The molecule has 0 aromatic heterocycles. The third-order valence-electron chi connectivity index (χ3n) is 4.56. The van der Waals surface area contributed by atoms with Crippen molar-refractivity contribution in [2.75, 3.05) is 11.6 Å². The number of anilines is 1. The summed E-state index contributed by atoms with van der Waals surface area (Å²) >= 11 is 14.2. The SMILES string of the molecule is CSc1cccc(CC(=O)Nc2cc(Cl)c(Oc3cc(F)cc(C(C)(C)F)c3)c(Cl)c2)c1. The van der Waals surface area contributed by atoms with Crippen LogP contribution < -0.4 is 10.1 Å². The van der Waals surface area contributed by atoms with E-state index in [1.165, 1.54) is 32.0 Å². The van der Waals surface area contributed by atoms with Gasteiger partial charge in [-0.15, -0.1) is 11.8 Å². The summed E-state index contributed by atoms with van der Waals surface area (Å²) < 4.78 is 33.8. The van der Waals surface area contributed by atoms with E-state index in [1.54, 1.807) is 11.8 Å². The lowest BCUT2D eigenvalue weighted by Gasteiger charge is -2.17. The highest BCUT2D eigenvalue weighted by atomic mass is 35.5. The van der Waals surface area contributed by atoms with E-state index in [2.05, 4.69) is 5.32 Å². The van der Waals surface area contributed by atoms with Gasteiger partial charge in [-0.2, -0.15) is 0 Å². The van der Waals surface area contributed by atoms with Gasteiger partial charge in [-0.3, -0.25) is 4.79 Å². The number of nitrogens with one attached hydrogen (secondary N) is 1. The summed E-state index contributed by atoms with van der Waals surface area (Å²) in [7, 11) is 0. The highest BCUT2D eigenvalue weighted by molar-refractivity contribution is 7.98. The zero-order chi connectivity index (χ0) is 23.5. The quantitative estimate of drug-likeness (QED) is 0.337. The first-order valence-electron chi connectivity index (χ1n) is 9.65. The van der Waals surface area contributed by atoms with E-state index in [0.29, 0.717) is 5.69 Å². The Morgan fingerprint density at radius 1 is 1.09 bits per heavy atom. The minimum atomic E-state index is -1.75. The Kier molecular flexibility index (Phi) is 7.70. The fourth-order valence-corrected chi connectivity index (χ4v) is 4.03. The summed E-state index contributed by atoms with van der Waals surface area (Å²) in [5.41, 5.74) is -0.362. The molecular formula is C24H21Cl2F2NO2S. The molecular weight excluding hydrogens is 475 g/mol. The van der Waals surface area contributed by atoms with E-state index in [0.717, 1.165) is 22.6 Å². The minimum Gasteiger partial charge on any atom is -0.454 e. The molecule has 0 unspecified atom stereocenters. The Balaban J connectivity index is 1.77. The molecule has 0 saturated carbocycles. The molecule has 0 saturated heterocycles. The van der Waals surface area contributed by atoms with Gasteiger partial charge in [0.1, 0.15) is 17.2 Å². The maximum atomic E-state index is 14.2. The van der Waals surface area contributed by atoms with Crippen molar-refractivity contribution >= 4 is 46.6 Å². The normalized spacial score (nSPS) is 11.3. The predicted molar refractivity (Wildman–Crippen MR) is 128 cm³/mol. The average molecular weight is 496 g/mol. The Bertz CT molecular complexity index is 1130. The highest BCUT2D eigenvalue weighted by Crippen LogP contribution is 2.40. The van der Waals surface area contributed by atoms with E-state index in [4.69, 9.17) is 27.9 Å². The van der Waals surface area contributed by atoms with Gasteiger partial charge in [0, 0.05) is 16.6 Å². The molecule has 0 aliphatic carbocycles. The van der Waals surface area contributed by atoms with Gasteiger partial charge in [-0.25, -0.2) is 8.78 Å². The van der Waals surface area contributed by atoms with E-state index < -0.39 is 11.5 Å². The fourth-order valence-electron chi connectivity index (χ4n) is 2.99. The van der Waals surface area contributed by atoms with Gasteiger partial charge in [0.15, 0.2) is 5.75 Å². The fraction of sp³-hybridized carbons (Fsp3) is 0.208. The molecule has 3 nitrogen and oxygen atoms in total. The van der Waals surface area contributed by atoms with Gasteiger partial charge < -0.3 is 10.1 Å². The van der Waals surface area contributed by atoms with Gasteiger partial charge in [-0.05, 0) is 67.6 Å². The van der Waals surface area contributed by atoms with Crippen molar-refractivity contribution in [2.24, 2.45) is 0 Å². The van der Waals surface area contributed by atoms with Crippen molar-refractivity contribution in [3.05, 3.63) is 81.6 Å². The molecule has 0 atom stereocenters. The molecule has 3 aromatic rings. The molecule has 0 radical (unpaired) electrons. The number of alkyl halides is 1. The number of amides is 1. The van der Waals surface area contributed by atoms with Crippen LogP contribution in [-0.2, 0) is 16.9 Å². The van der Waals surface area contributed by atoms with E-state index in [1.807, 2.05) is 30.5 Å².